The van der Waals surface area contributed by atoms with E-state index >= 15 is 0 Å². The molecule has 0 saturated heterocycles. The summed E-state index contributed by atoms with van der Waals surface area (Å²) in [7, 11) is 1.62. The Bertz CT molecular complexity index is 1840. The summed E-state index contributed by atoms with van der Waals surface area (Å²) in [5, 5.41) is 11.2. The molecule has 0 saturated carbocycles. The molecule has 6 rings (SSSR count). The van der Waals surface area contributed by atoms with Gasteiger partial charge in [-0.15, -0.1) is 0 Å². The molecule has 0 unspecified atom stereocenters. The van der Waals surface area contributed by atoms with Crippen LogP contribution < -0.4 is 14.5 Å². The number of hydrogen-bond donors (Lipinski definition) is 0. The standard InChI is InChI=1S/C36H30N4O3/c1-4-21-43-33-20-17-27(22-25(33)2)34-28(24-39(37-34)29-11-7-5-8-12-29)23-32-35(26-15-18-31(42-3)19-16-26)38-40(36(32)41)30-13-9-6-10-14-30/h4-20,22-24H,1,21H2,2-3H3/b32-23-. The summed E-state index contributed by atoms with van der Waals surface area (Å²) in [6, 6.07) is 32.8. The van der Waals surface area contributed by atoms with Gasteiger partial charge in [-0.25, -0.2) is 4.68 Å². The summed E-state index contributed by atoms with van der Waals surface area (Å²) in [5.41, 5.74) is 6.81. The third-order valence-electron chi connectivity index (χ3n) is 7.11. The molecule has 43 heavy (non-hydrogen) atoms. The van der Waals surface area contributed by atoms with E-state index in [0.29, 0.717) is 23.6 Å². The fourth-order valence-electron chi connectivity index (χ4n) is 4.94. The lowest BCUT2D eigenvalue weighted by molar-refractivity contribution is -0.114. The molecular weight excluding hydrogens is 536 g/mol. The summed E-state index contributed by atoms with van der Waals surface area (Å²) in [5.74, 6) is 1.28. The Morgan fingerprint density at radius 1 is 0.860 bits per heavy atom. The summed E-state index contributed by atoms with van der Waals surface area (Å²) < 4.78 is 13.0. The Kier molecular flexibility index (Phi) is 7.70. The maximum atomic E-state index is 14.0. The van der Waals surface area contributed by atoms with Crippen LogP contribution in [0.3, 0.4) is 0 Å². The minimum Gasteiger partial charge on any atom is -0.497 e. The molecule has 1 aliphatic heterocycles. The van der Waals surface area contributed by atoms with E-state index in [-0.39, 0.29) is 5.91 Å². The maximum Gasteiger partial charge on any atom is 0.281 e. The quantitative estimate of drug-likeness (QED) is 0.139. The first-order valence-corrected chi connectivity index (χ1v) is 13.9. The topological polar surface area (TPSA) is 69.0 Å². The van der Waals surface area contributed by atoms with Gasteiger partial charge in [-0.05, 0) is 85.3 Å². The average Bonchev–Trinajstić information content (AvgIpc) is 3.62. The van der Waals surface area contributed by atoms with E-state index in [0.717, 1.165) is 45.1 Å². The zero-order valence-electron chi connectivity index (χ0n) is 24.0. The van der Waals surface area contributed by atoms with Crippen LogP contribution in [0.25, 0.3) is 23.0 Å². The van der Waals surface area contributed by atoms with E-state index in [9.17, 15) is 4.79 Å². The van der Waals surface area contributed by atoms with Crippen molar-refractivity contribution in [3.63, 3.8) is 0 Å². The molecule has 7 nitrogen and oxygen atoms in total. The predicted octanol–water partition coefficient (Wildman–Crippen LogP) is 7.26. The molecule has 0 bridgehead atoms. The second kappa shape index (κ2) is 12.0. The lowest BCUT2D eigenvalue weighted by Crippen LogP contribution is -2.21. The van der Waals surface area contributed by atoms with Gasteiger partial charge in [0.05, 0.1) is 29.8 Å². The van der Waals surface area contributed by atoms with Gasteiger partial charge >= 0.3 is 0 Å². The molecule has 0 spiro atoms. The van der Waals surface area contributed by atoms with Crippen LogP contribution in [-0.2, 0) is 4.79 Å². The summed E-state index contributed by atoms with van der Waals surface area (Å²) in [6.07, 6.45) is 5.55. The van der Waals surface area contributed by atoms with Crippen LogP contribution in [0, 0.1) is 6.92 Å². The second-order valence-electron chi connectivity index (χ2n) is 9.98. The molecule has 2 heterocycles. The van der Waals surface area contributed by atoms with Crippen LogP contribution in [0.2, 0.25) is 0 Å². The van der Waals surface area contributed by atoms with E-state index in [1.165, 1.54) is 5.01 Å². The molecule has 0 radical (unpaired) electrons. The number of aromatic nitrogens is 2. The number of hydrazone groups is 1. The van der Waals surface area contributed by atoms with Crippen molar-refractivity contribution in [2.75, 3.05) is 18.7 Å². The minimum atomic E-state index is -0.222. The first-order valence-electron chi connectivity index (χ1n) is 13.9. The number of para-hydroxylation sites is 2. The maximum absolute atomic E-state index is 14.0. The molecular formula is C36H30N4O3. The molecule has 1 aromatic heterocycles. The van der Waals surface area contributed by atoms with E-state index in [1.54, 1.807) is 13.2 Å². The number of nitrogens with zero attached hydrogens (tertiary/aromatic N) is 4. The molecule has 5 aromatic rings. The largest absolute Gasteiger partial charge is 0.497 e. The highest BCUT2D eigenvalue weighted by Gasteiger charge is 2.32. The van der Waals surface area contributed by atoms with Crippen molar-refractivity contribution in [3.05, 3.63) is 144 Å². The first kappa shape index (κ1) is 27.5. The lowest BCUT2D eigenvalue weighted by Gasteiger charge is -2.11. The number of hydrogen-bond acceptors (Lipinski definition) is 5. The van der Waals surface area contributed by atoms with Crippen molar-refractivity contribution < 1.29 is 14.3 Å². The van der Waals surface area contributed by atoms with Gasteiger partial charge < -0.3 is 9.47 Å². The Morgan fingerprint density at radius 2 is 1.53 bits per heavy atom. The van der Waals surface area contributed by atoms with E-state index < -0.39 is 0 Å². The number of amides is 1. The molecule has 0 fully saturated rings. The van der Waals surface area contributed by atoms with E-state index in [2.05, 4.69) is 6.58 Å². The van der Waals surface area contributed by atoms with E-state index in [1.807, 2.05) is 127 Å². The summed E-state index contributed by atoms with van der Waals surface area (Å²) in [6.45, 7) is 6.16. The van der Waals surface area contributed by atoms with Crippen LogP contribution in [0.5, 0.6) is 11.5 Å². The minimum absolute atomic E-state index is 0.222. The van der Waals surface area contributed by atoms with Crippen LogP contribution in [-0.4, -0.2) is 35.1 Å². The number of aryl methyl sites for hydroxylation is 1. The van der Waals surface area contributed by atoms with Gasteiger partial charge in [0, 0.05) is 22.9 Å². The third kappa shape index (κ3) is 5.61. The number of benzene rings is 4. The number of methoxy groups -OCH3 is 1. The molecule has 1 amide bonds. The first-order chi connectivity index (χ1) is 21.1. The number of ether oxygens (including phenoxy) is 2. The number of anilines is 1. The predicted molar refractivity (Wildman–Crippen MR) is 171 cm³/mol. The van der Waals surface area contributed by atoms with Crippen molar-refractivity contribution >= 4 is 23.4 Å². The van der Waals surface area contributed by atoms with Crippen molar-refractivity contribution in [2.24, 2.45) is 5.10 Å². The van der Waals surface area contributed by atoms with Gasteiger partial charge in [-0.3, -0.25) is 4.79 Å². The van der Waals surface area contributed by atoms with Gasteiger partial charge in [-0.1, -0.05) is 49.1 Å². The second-order valence-corrected chi connectivity index (χ2v) is 9.98. The van der Waals surface area contributed by atoms with Crippen LogP contribution in [0.1, 0.15) is 16.7 Å². The highest BCUT2D eigenvalue weighted by molar-refractivity contribution is 6.37. The molecule has 0 atom stereocenters. The summed E-state index contributed by atoms with van der Waals surface area (Å²) >= 11 is 0. The zero-order chi connectivity index (χ0) is 29.8. The molecule has 7 heteroatoms. The Labute approximate surface area is 250 Å². The molecule has 4 aromatic carbocycles. The highest BCUT2D eigenvalue weighted by atomic mass is 16.5. The van der Waals surface area contributed by atoms with Crippen LogP contribution in [0.4, 0.5) is 5.69 Å². The Hall–Kier alpha value is -5.69. The van der Waals surface area contributed by atoms with Crippen molar-refractivity contribution in [2.45, 2.75) is 6.92 Å². The van der Waals surface area contributed by atoms with Crippen LogP contribution >= 0.6 is 0 Å². The number of carbonyl (C=O) groups is 1. The zero-order valence-corrected chi connectivity index (χ0v) is 24.0. The smallest absolute Gasteiger partial charge is 0.281 e. The summed E-state index contributed by atoms with van der Waals surface area (Å²) in [4.78, 5) is 14.0. The fourth-order valence-corrected chi connectivity index (χ4v) is 4.94. The third-order valence-corrected chi connectivity index (χ3v) is 7.11. The Balaban J connectivity index is 1.50. The van der Waals surface area contributed by atoms with Gasteiger partial charge in [-0.2, -0.15) is 15.2 Å². The SMILES string of the molecule is C=CCOc1ccc(-c2nn(-c3ccccc3)cc2/C=C2\C(=O)N(c3ccccc3)N=C2c2ccc(OC)cc2)cc1C. The normalized spacial score (nSPS) is 13.7. The van der Waals surface area contributed by atoms with Crippen molar-refractivity contribution in [3.8, 4) is 28.4 Å². The molecule has 0 aliphatic carbocycles. The molecule has 0 N–H and O–H groups in total. The average molecular weight is 567 g/mol. The molecule has 1 aliphatic rings. The van der Waals surface area contributed by atoms with E-state index in [4.69, 9.17) is 19.7 Å². The van der Waals surface area contributed by atoms with Gasteiger partial charge in [0.1, 0.15) is 23.8 Å². The lowest BCUT2D eigenvalue weighted by atomic mass is 9.98. The van der Waals surface area contributed by atoms with Gasteiger partial charge in [0.15, 0.2) is 0 Å². The highest BCUT2D eigenvalue weighted by Crippen LogP contribution is 2.33. The fraction of sp³-hybridized carbons (Fsp3) is 0.0833. The molecule has 212 valence electrons. The van der Waals surface area contributed by atoms with Gasteiger partial charge in [0.25, 0.3) is 5.91 Å². The monoisotopic (exact) mass is 566 g/mol. The number of carbonyl (C=O) groups excluding carboxylic acids is 1. The number of rotatable bonds is 9. The van der Waals surface area contributed by atoms with Crippen LogP contribution in [0.15, 0.2) is 133 Å². The van der Waals surface area contributed by atoms with Crippen molar-refractivity contribution in [1.29, 1.82) is 0 Å². The van der Waals surface area contributed by atoms with Crippen molar-refractivity contribution in [1.82, 2.24) is 9.78 Å². The van der Waals surface area contributed by atoms with Gasteiger partial charge in [0.2, 0.25) is 0 Å². The Morgan fingerprint density at radius 3 is 2.19 bits per heavy atom.